The van der Waals surface area contributed by atoms with Gasteiger partial charge in [-0.1, -0.05) is 12.1 Å². The molecular formula is C15H16BrN3O2. The number of hydrogen-bond acceptors (Lipinski definition) is 3. The monoisotopic (exact) mass is 349 g/mol. The number of rotatable bonds is 2. The van der Waals surface area contributed by atoms with E-state index in [9.17, 15) is 9.59 Å². The summed E-state index contributed by atoms with van der Waals surface area (Å²) in [6.07, 6.45) is 0.938. The predicted octanol–water partition coefficient (Wildman–Crippen LogP) is 1.72. The fourth-order valence-corrected chi connectivity index (χ4v) is 3.21. The number of nitrogens with one attached hydrogen (secondary N) is 2. The van der Waals surface area contributed by atoms with Crippen LogP contribution in [0.15, 0.2) is 33.5 Å². The predicted molar refractivity (Wildman–Crippen MR) is 85.6 cm³/mol. The number of hydrogen-bond donors (Lipinski definition) is 2. The molecule has 0 saturated carbocycles. The van der Waals surface area contributed by atoms with Gasteiger partial charge in [0.1, 0.15) is 0 Å². The van der Waals surface area contributed by atoms with Crippen molar-refractivity contribution in [2.75, 3.05) is 20.1 Å². The second kappa shape index (κ2) is 5.61. The Morgan fingerprint density at radius 3 is 2.95 bits per heavy atom. The molecule has 0 spiro atoms. The summed E-state index contributed by atoms with van der Waals surface area (Å²) in [5, 5.41) is 4.00. The number of para-hydroxylation sites is 1. The summed E-state index contributed by atoms with van der Waals surface area (Å²) >= 11 is 3.41. The number of pyridine rings is 1. The van der Waals surface area contributed by atoms with Gasteiger partial charge in [0, 0.05) is 35.6 Å². The second-order valence-electron chi connectivity index (χ2n) is 5.27. The number of amides is 1. The van der Waals surface area contributed by atoms with Crippen LogP contribution in [0, 0.1) is 0 Å². The molecule has 3 rings (SSSR count). The van der Waals surface area contributed by atoms with Crippen LogP contribution in [0.4, 0.5) is 0 Å². The third-order valence-corrected chi connectivity index (χ3v) is 4.62. The molecule has 1 saturated heterocycles. The van der Waals surface area contributed by atoms with Gasteiger partial charge in [0.05, 0.1) is 11.1 Å². The Kier molecular flexibility index (Phi) is 3.82. The normalized spacial score (nSPS) is 18.1. The lowest BCUT2D eigenvalue weighted by Gasteiger charge is -2.24. The number of fused-ring (bicyclic) bond motifs is 1. The number of aromatic nitrogens is 1. The van der Waals surface area contributed by atoms with Crippen LogP contribution in [-0.2, 0) is 0 Å². The molecule has 1 amide bonds. The Bertz CT molecular complexity index is 750. The van der Waals surface area contributed by atoms with Crippen LogP contribution in [0.3, 0.4) is 0 Å². The van der Waals surface area contributed by atoms with E-state index in [4.69, 9.17) is 0 Å². The highest BCUT2D eigenvalue weighted by atomic mass is 79.9. The van der Waals surface area contributed by atoms with Gasteiger partial charge in [-0.15, -0.1) is 0 Å². The van der Waals surface area contributed by atoms with E-state index < -0.39 is 0 Å². The first kappa shape index (κ1) is 14.3. The van der Waals surface area contributed by atoms with E-state index in [0.717, 1.165) is 29.4 Å². The fraction of sp³-hybridized carbons (Fsp3) is 0.333. The Hall–Kier alpha value is -1.66. The minimum Gasteiger partial charge on any atom is -0.337 e. The molecular weight excluding hydrogens is 334 g/mol. The minimum atomic E-state index is -0.268. The van der Waals surface area contributed by atoms with E-state index in [-0.39, 0.29) is 17.5 Å². The van der Waals surface area contributed by atoms with Gasteiger partial charge < -0.3 is 15.2 Å². The Morgan fingerprint density at radius 2 is 2.24 bits per heavy atom. The molecule has 2 aromatic rings. The lowest BCUT2D eigenvalue weighted by Crippen LogP contribution is -2.38. The number of H-pyrrole nitrogens is 1. The lowest BCUT2D eigenvalue weighted by atomic mass is 10.1. The van der Waals surface area contributed by atoms with E-state index in [1.807, 2.05) is 18.2 Å². The summed E-state index contributed by atoms with van der Waals surface area (Å²) in [7, 11) is 1.80. The number of nitrogens with zero attached hydrogens (tertiary/aromatic N) is 1. The number of carbonyl (C=O) groups is 1. The van der Waals surface area contributed by atoms with Gasteiger partial charge >= 0.3 is 0 Å². The number of aromatic amines is 1. The van der Waals surface area contributed by atoms with Crippen LogP contribution in [0.25, 0.3) is 10.9 Å². The number of benzene rings is 1. The third kappa shape index (κ3) is 2.61. The average molecular weight is 350 g/mol. The summed E-state index contributed by atoms with van der Waals surface area (Å²) in [5.41, 5.74) is 0.839. The molecule has 0 aliphatic carbocycles. The first-order valence-electron chi connectivity index (χ1n) is 6.87. The molecule has 2 N–H and O–H groups in total. The highest BCUT2D eigenvalue weighted by Gasteiger charge is 2.25. The summed E-state index contributed by atoms with van der Waals surface area (Å²) in [6.45, 7) is 1.72. The molecule has 21 heavy (non-hydrogen) atoms. The van der Waals surface area contributed by atoms with E-state index in [1.54, 1.807) is 11.9 Å². The molecule has 5 nitrogen and oxygen atoms in total. The van der Waals surface area contributed by atoms with Gasteiger partial charge in [-0.3, -0.25) is 9.59 Å². The number of carbonyl (C=O) groups excluding carboxylic acids is 1. The van der Waals surface area contributed by atoms with Crippen LogP contribution in [0.5, 0.6) is 0 Å². The molecule has 1 aromatic carbocycles. The molecule has 1 aliphatic rings. The van der Waals surface area contributed by atoms with E-state index >= 15 is 0 Å². The summed E-state index contributed by atoms with van der Waals surface area (Å²) in [6, 6.07) is 7.12. The molecule has 0 bridgehead atoms. The Morgan fingerprint density at radius 1 is 1.43 bits per heavy atom. The first-order chi connectivity index (χ1) is 10.1. The van der Waals surface area contributed by atoms with Gasteiger partial charge in [-0.25, -0.2) is 0 Å². The van der Waals surface area contributed by atoms with Crippen molar-refractivity contribution in [1.82, 2.24) is 15.2 Å². The van der Waals surface area contributed by atoms with Crippen LogP contribution in [0.2, 0.25) is 0 Å². The van der Waals surface area contributed by atoms with Gasteiger partial charge in [-0.2, -0.15) is 0 Å². The van der Waals surface area contributed by atoms with E-state index in [0.29, 0.717) is 11.1 Å². The topological polar surface area (TPSA) is 65.2 Å². The Labute approximate surface area is 130 Å². The quantitative estimate of drug-likeness (QED) is 0.867. The van der Waals surface area contributed by atoms with Crippen molar-refractivity contribution < 1.29 is 4.79 Å². The highest BCUT2D eigenvalue weighted by molar-refractivity contribution is 9.10. The standard InChI is InChI=1S/C15H16BrN3O2/c1-19(9-5-6-17-8-9)15(21)11-7-13(20)18-14-10(11)3-2-4-12(14)16/h2-4,7,9,17H,5-6,8H2,1H3,(H,18,20). The lowest BCUT2D eigenvalue weighted by molar-refractivity contribution is 0.0745. The molecule has 1 aliphatic heterocycles. The van der Waals surface area contributed by atoms with Gasteiger partial charge in [0.25, 0.3) is 5.91 Å². The maximum Gasteiger partial charge on any atom is 0.254 e. The molecule has 6 heteroatoms. The van der Waals surface area contributed by atoms with Crippen LogP contribution in [0.1, 0.15) is 16.8 Å². The molecule has 1 aromatic heterocycles. The van der Waals surface area contributed by atoms with Crippen molar-refractivity contribution in [3.8, 4) is 0 Å². The zero-order valence-electron chi connectivity index (χ0n) is 11.6. The van der Waals surface area contributed by atoms with Crippen molar-refractivity contribution in [1.29, 1.82) is 0 Å². The number of likely N-dealkylation sites (N-methyl/N-ethyl adjacent to an activating group) is 1. The summed E-state index contributed by atoms with van der Waals surface area (Å²) < 4.78 is 0.775. The minimum absolute atomic E-state index is 0.113. The average Bonchev–Trinajstić information content (AvgIpc) is 3.00. The van der Waals surface area contributed by atoms with Crippen molar-refractivity contribution in [3.05, 3.63) is 44.7 Å². The Balaban J connectivity index is 2.09. The van der Waals surface area contributed by atoms with Crippen LogP contribution >= 0.6 is 15.9 Å². The maximum atomic E-state index is 12.7. The van der Waals surface area contributed by atoms with Gasteiger partial charge in [0.15, 0.2) is 0 Å². The fourth-order valence-electron chi connectivity index (χ4n) is 2.75. The van der Waals surface area contributed by atoms with E-state index in [2.05, 4.69) is 26.2 Å². The van der Waals surface area contributed by atoms with E-state index in [1.165, 1.54) is 6.07 Å². The molecule has 1 fully saturated rings. The smallest absolute Gasteiger partial charge is 0.254 e. The van der Waals surface area contributed by atoms with Crippen LogP contribution in [-0.4, -0.2) is 42.0 Å². The summed E-state index contributed by atoms with van der Waals surface area (Å²) in [5.74, 6) is -0.113. The SMILES string of the molecule is CN(C(=O)c1cc(=O)[nH]c2c(Br)cccc12)C1CCNC1. The summed E-state index contributed by atoms with van der Waals surface area (Å²) in [4.78, 5) is 29.1. The number of halogens is 1. The molecule has 2 heterocycles. The highest BCUT2D eigenvalue weighted by Crippen LogP contribution is 2.24. The second-order valence-corrected chi connectivity index (χ2v) is 6.13. The van der Waals surface area contributed by atoms with Crippen molar-refractivity contribution in [2.24, 2.45) is 0 Å². The van der Waals surface area contributed by atoms with Gasteiger partial charge in [0.2, 0.25) is 5.56 Å². The molecule has 1 unspecified atom stereocenters. The maximum absolute atomic E-state index is 12.7. The first-order valence-corrected chi connectivity index (χ1v) is 7.66. The zero-order chi connectivity index (χ0) is 15.0. The third-order valence-electron chi connectivity index (χ3n) is 3.96. The zero-order valence-corrected chi connectivity index (χ0v) is 13.2. The molecule has 1 atom stereocenters. The molecule has 0 radical (unpaired) electrons. The molecule has 110 valence electrons. The van der Waals surface area contributed by atoms with Crippen LogP contribution < -0.4 is 10.9 Å². The largest absolute Gasteiger partial charge is 0.337 e. The van der Waals surface area contributed by atoms with Crippen molar-refractivity contribution in [2.45, 2.75) is 12.5 Å². The van der Waals surface area contributed by atoms with Crippen molar-refractivity contribution in [3.63, 3.8) is 0 Å². The van der Waals surface area contributed by atoms with Crippen molar-refractivity contribution >= 4 is 32.7 Å². The van der Waals surface area contributed by atoms with Gasteiger partial charge in [-0.05, 0) is 35.0 Å².